The first-order valence-corrected chi connectivity index (χ1v) is 5.61. The molecule has 4 nitrogen and oxygen atoms in total. The molecule has 0 atom stereocenters. The van der Waals surface area contributed by atoms with Crippen molar-refractivity contribution in [2.75, 3.05) is 26.1 Å². The van der Waals surface area contributed by atoms with Crippen LogP contribution in [0.1, 0.15) is 5.56 Å². The van der Waals surface area contributed by atoms with Gasteiger partial charge >= 0.3 is 0 Å². The van der Waals surface area contributed by atoms with Gasteiger partial charge in [0.2, 0.25) is 0 Å². The van der Waals surface area contributed by atoms with Crippen LogP contribution in [-0.4, -0.2) is 25.7 Å². The normalized spacial score (nSPS) is 13.3. The molecule has 1 aliphatic heterocycles. The van der Waals surface area contributed by atoms with Crippen molar-refractivity contribution >= 4 is 16.6 Å². The van der Waals surface area contributed by atoms with Crippen molar-refractivity contribution < 1.29 is 9.47 Å². The van der Waals surface area contributed by atoms with Gasteiger partial charge in [-0.25, -0.2) is 0 Å². The molecule has 0 fully saturated rings. The van der Waals surface area contributed by atoms with Gasteiger partial charge in [0.05, 0.1) is 19.7 Å². The first-order valence-electron chi connectivity index (χ1n) is 5.61. The first kappa shape index (κ1) is 10.2. The Balaban J connectivity index is 2.30. The molecule has 1 aromatic carbocycles. The Kier molecular flexibility index (Phi) is 2.28. The molecule has 88 valence electrons. The van der Waals surface area contributed by atoms with Crippen LogP contribution in [0.15, 0.2) is 18.3 Å². The molecule has 17 heavy (non-hydrogen) atoms. The quantitative estimate of drug-likeness (QED) is 0.859. The van der Waals surface area contributed by atoms with E-state index in [-0.39, 0.29) is 0 Å². The van der Waals surface area contributed by atoms with Crippen LogP contribution in [-0.2, 0) is 6.42 Å². The summed E-state index contributed by atoms with van der Waals surface area (Å²) >= 11 is 0. The maximum absolute atomic E-state index is 5.32. The summed E-state index contributed by atoms with van der Waals surface area (Å²) in [6, 6.07) is 3.90. The number of pyridine rings is 1. The minimum atomic E-state index is 0.713. The Labute approximate surface area is 99.6 Å². The Morgan fingerprint density at radius 2 is 1.94 bits per heavy atom. The number of fused-ring (bicyclic) bond motifs is 3. The number of nitrogens with one attached hydrogen (secondary N) is 1. The van der Waals surface area contributed by atoms with Crippen molar-refractivity contribution in [3.05, 3.63) is 23.9 Å². The fourth-order valence-corrected chi connectivity index (χ4v) is 2.28. The Morgan fingerprint density at radius 3 is 2.71 bits per heavy atom. The third-order valence-corrected chi connectivity index (χ3v) is 3.15. The molecular formula is C13H14N2O2. The van der Waals surface area contributed by atoms with Crippen molar-refractivity contribution in [2.24, 2.45) is 0 Å². The zero-order valence-electron chi connectivity index (χ0n) is 9.91. The van der Waals surface area contributed by atoms with Crippen LogP contribution in [0.4, 0.5) is 5.69 Å². The number of rotatable bonds is 2. The fraction of sp³-hybridized carbons (Fsp3) is 0.308. The SMILES string of the molecule is COc1cc2ncc3c(c2cc1OC)NCC3. The van der Waals surface area contributed by atoms with E-state index in [0.29, 0.717) is 5.75 Å². The second kappa shape index (κ2) is 3.80. The number of hydrogen-bond donors (Lipinski definition) is 1. The van der Waals surface area contributed by atoms with Crippen LogP contribution < -0.4 is 14.8 Å². The van der Waals surface area contributed by atoms with Gasteiger partial charge in [-0.05, 0) is 18.1 Å². The second-order valence-electron chi connectivity index (χ2n) is 4.06. The molecule has 0 spiro atoms. The average Bonchev–Trinajstić information content (AvgIpc) is 2.85. The van der Waals surface area contributed by atoms with Crippen LogP contribution in [0.2, 0.25) is 0 Å². The molecule has 3 rings (SSSR count). The minimum Gasteiger partial charge on any atom is -0.493 e. The largest absolute Gasteiger partial charge is 0.493 e. The van der Waals surface area contributed by atoms with Gasteiger partial charge in [0, 0.05) is 29.9 Å². The highest BCUT2D eigenvalue weighted by Crippen LogP contribution is 2.37. The van der Waals surface area contributed by atoms with Crippen molar-refractivity contribution in [3.8, 4) is 11.5 Å². The molecule has 1 aliphatic rings. The van der Waals surface area contributed by atoms with E-state index >= 15 is 0 Å². The smallest absolute Gasteiger partial charge is 0.162 e. The summed E-state index contributed by atoms with van der Waals surface area (Å²) in [5.74, 6) is 1.45. The number of hydrogen-bond acceptors (Lipinski definition) is 4. The highest BCUT2D eigenvalue weighted by Gasteiger charge is 2.16. The van der Waals surface area contributed by atoms with E-state index in [1.54, 1.807) is 14.2 Å². The average molecular weight is 230 g/mol. The van der Waals surface area contributed by atoms with Gasteiger partial charge in [-0.15, -0.1) is 0 Å². The third-order valence-electron chi connectivity index (χ3n) is 3.15. The van der Waals surface area contributed by atoms with E-state index in [4.69, 9.17) is 9.47 Å². The van der Waals surface area contributed by atoms with Crippen LogP contribution >= 0.6 is 0 Å². The number of anilines is 1. The monoisotopic (exact) mass is 230 g/mol. The van der Waals surface area contributed by atoms with E-state index < -0.39 is 0 Å². The fourth-order valence-electron chi connectivity index (χ4n) is 2.28. The van der Waals surface area contributed by atoms with E-state index in [0.717, 1.165) is 29.6 Å². The highest BCUT2D eigenvalue weighted by molar-refractivity contribution is 5.95. The Bertz CT molecular complexity index is 581. The van der Waals surface area contributed by atoms with Gasteiger partial charge in [0.25, 0.3) is 0 Å². The van der Waals surface area contributed by atoms with Gasteiger partial charge in [-0.1, -0.05) is 0 Å². The lowest BCUT2D eigenvalue weighted by molar-refractivity contribution is 0.356. The molecule has 4 heteroatoms. The number of nitrogens with zero attached hydrogens (tertiary/aromatic N) is 1. The lowest BCUT2D eigenvalue weighted by Crippen LogP contribution is -1.95. The lowest BCUT2D eigenvalue weighted by atomic mass is 10.1. The predicted molar refractivity (Wildman–Crippen MR) is 67.0 cm³/mol. The summed E-state index contributed by atoms with van der Waals surface area (Å²) in [7, 11) is 3.28. The zero-order valence-corrected chi connectivity index (χ0v) is 9.91. The van der Waals surface area contributed by atoms with Crippen LogP contribution in [0.5, 0.6) is 11.5 Å². The molecule has 0 bridgehead atoms. The van der Waals surface area contributed by atoms with Gasteiger partial charge in [-0.3, -0.25) is 4.98 Å². The summed E-state index contributed by atoms with van der Waals surface area (Å²) in [6.07, 6.45) is 2.97. The molecule has 0 unspecified atom stereocenters. The summed E-state index contributed by atoms with van der Waals surface area (Å²) in [5.41, 5.74) is 3.37. The maximum Gasteiger partial charge on any atom is 0.162 e. The highest BCUT2D eigenvalue weighted by atomic mass is 16.5. The number of methoxy groups -OCH3 is 2. The molecule has 0 saturated heterocycles. The van der Waals surface area contributed by atoms with E-state index in [9.17, 15) is 0 Å². The molecule has 0 radical (unpaired) electrons. The lowest BCUT2D eigenvalue weighted by Gasteiger charge is -2.11. The first-order chi connectivity index (χ1) is 8.33. The summed E-state index contributed by atoms with van der Waals surface area (Å²) < 4.78 is 10.6. The van der Waals surface area contributed by atoms with Gasteiger partial charge in [0.1, 0.15) is 0 Å². The standard InChI is InChI=1S/C13H14N2O2/c1-16-11-5-9-10(6-12(11)17-2)15-7-8-3-4-14-13(8)9/h5-7,14H,3-4H2,1-2H3. The van der Waals surface area contributed by atoms with Crippen molar-refractivity contribution in [1.29, 1.82) is 0 Å². The van der Waals surface area contributed by atoms with Crippen molar-refractivity contribution in [1.82, 2.24) is 4.98 Å². The van der Waals surface area contributed by atoms with E-state index in [1.165, 1.54) is 11.3 Å². The summed E-state index contributed by atoms with van der Waals surface area (Å²) in [6.45, 7) is 0.977. The topological polar surface area (TPSA) is 43.4 Å². The number of benzene rings is 1. The van der Waals surface area contributed by atoms with Crippen molar-refractivity contribution in [2.45, 2.75) is 6.42 Å². The molecule has 1 aromatic heterocycles. The molecule has 2 heterocycles. The van der Waals surface area contributed by atoms with Gasteiger partial charge < -0.3 is 14.8 Å². The van der Waals surface area contributed by atoms with Crippen LogP contribution in [0.3, 0.4) is 0 Å². The third kappa shape index (κ3) is 1.48. The van der Waals surface area contributed by atoms with Crippen LogP contribution in [0.25, 0.3) is 10.9 Å². The van der Waals surface area contributed by atoms with Crippen LogP contribution in [0, 0.1) is 0 Å². The van der Waals surface area contributed by atoms with E-state index in [1.807, 2.05) is 18.3 Å². The maximum atomic E-state index is 5.32. The van der Waals surface area contributed by atoms with E-state index in [2.05, 4.69) is 10.3 Å². The molecule has 0 aliphatic carbocycles. The molecule has 0 saturated carbocycles. The summed E-state index contributed by atoms with van der Waals surface area (Å²) in [4.78, 5) is 4.46. The minimum absolute atomic E-state index is 0.713. The molecular weight excluding hydrogens is 216 g/mol. The number of aromatic nitrogens is 1. The Morgan fingerprint density at radius 1 is 1.18 bits per heavy atom. The van der Waals surface area contributed by atoms with Crippen molar-refractivity contribution in [3.63, 3.8) is 0 Å². The van der Waals surface area contributed by atoms with Gasteiger partial charge in [0.15, 0.2) is 11.5 Å². The second-order valence-corrected chi connectivity index (χ2v) is 4.06. The molecule has 1 N–H and O–H groups in total. The summed E-state index contributed by atoms with van der Waals surface area (Å²) in [5, 5.41) is 4.49. The molecule has 0 amide bonds. The molecule has 2 aromatic rings. The predicted octanol–water partition coefficient (Wildman–Crippen LogP) is 2.22. The number of ether oxygens (including phenoxy) is 2. The zero-order chi connectivity index (χ0) is 11.8. The van der Waals surface area contributed by atoms with Gasteiger partial charge in [-0.2, -0.15) is 0 Å². The Hall–Kier alpha value is -1.97.